The molecular weight excluding hydrogens is 332 g/mol. The first kappa shape index (κ1) is 18.7. The average molecular weight is 360 g/mol. The monoisotopic (exact) mass is 360 g/mol. The number of hydrogen-bond acceptors (Lipinski definition) is 4. The van der Waals surface area contributed by atoms with Gasteiger partial charge in [0.05, 0.1) is 0 Å². The van der Waals surface area contributed by atoms with Gasteiger partial charge in [-0.05, 0) is 51.6 Å². The zero-order valence-corrected chi connectivity index (χ0v) is 15.6. The van der Waals surface area contributed by atoms with Gasteiger partial charge in [0, 0.05) is 18.6 Å². The van der Waals surface area contributed by atoms with Gasteiger partial charge in [-0.2, -0.15) is 0 Å². The number of benzene rings is 1. The largest absolute Gasteiger partial charge is 0.479 e. The fraction of sp³-hybridized carbons (Fsp3) is 0.600. The Balaban J connectivity index is 1.79. The standard InChI is InChI=1S/C20H28N2O4/c1-15(2)22(19(25)26-14-16-7-4-3-5-8-16)20(18(23)24)10-12-21-11-6-9-17(21)13-20/h3-5,7-8,15,17H,6,9-14H2,1-2H3,(H,23,24). The van der Waals surface area contributed by atoms with Crippen molar-refractivity contribution in [3.05, 3.63) is 35.9 Å². The second kappa shape index (κ2) is 7.66. The van der Waals surface area contributed by atoms with Gasteiger partial charge < -0.3 is 14.7 Å². The van der Waals surface area contributed by atoms with Crippen LogP contribution in [0, 0.1) is 0 Å². The number of rotatable bonds is 5. The van der Waals surface area contributed by atoms with Crippen LogP contribution in [-0.2, 0) is 16.1 Å². The van der Waals surface area contributed by atoms with E-state index in [0.717, 1.165) is 24.9 Å². The highest BCUT2D eigenvalue weighted by Gasteiger charge is 2.53. The molecule has 6 nitrogen and oxygen atoms in total. The minimum absolute atomic E-state index is 0.147. The van der Waals surface area contributed by atoms with Crippen molar-refractivity contribution < 1.29 is 19.4 Å². The zero-order chi connectivity index (χ0) is 18.7. The van der Waals surface area contributed by atoms with Gasteiger partial charge in [-0.3, -0.25) is 4.90 Å². The van der Waals surface area contributed by atoms with Gasteiger partial charge in [-0.15, -0.1) is 0 Å². The van der Waals surface area contributed by atoms with Gasteiger partial charge in [0.1, 0.15) is 12.1 Å². The molecule has 2 aliphatic rings. The van der Waals surface area contributed by atoms with Gasteiger partial charge in [0.25, 0.3) is 0 Å². The minimum atomic E-state index is -1.19. The molecule has 0 aliphatic carbocycles. The highest BCUT2D eigenvalue weighted by Crippen LogP contribution is 2.38. The van der Waals surface area contributed by atoms with E-state index >= 15 is 0 Å². The highest BCUT2D eigenvalue weighted by atomic mass is 16.6. The van der Waals surface area contributed by atoms with Crippen molar-refractivity contribution in [1.29, 1.82) is 0 Å². The van der Waals surface area contributed by atoms with Gasteiger partial charge in [0.2, 0.25) is 0 Å². The lowest BCUT2D eigenvalue weighted by Gasteiger charge is -2.48. The molecule has 0 saturated carbocycles. The lowest BCUT2D eigenvalue weighted by atomic mass is 9.81. The molecule has 3 rings (SSSR count). The minimum Gasteiger partial charge on any atom is -0.479 e. The summed E-state index contributed by atoms with van der Waals surface area (Å²) in [6, 6.07) is 9.44. The number of hydrogen-bond donors (Lipinski definition) is 1. The summed E-state index contributed by atoms with van der Waals surface area (Å²) in [4.78, 5) is 29.0. The number of carboxylic acid groups (broad SMARTS) is 1. The summed E-state index contributed by atoms with van der Waals surface area (Å²) in [5, 5.41) is 10.1. The van der Waals surface area contributed by atoms with Crippen LogP contribution in [0.4, 0.5) is 4.79 Å². The number of carboxylic acids is 1. The van der Waals surface area contributed by atoms with Crippen molar-refractivity contribution in [2.45, 2.75) is 63.8 Å². The molecule has 2 fully saturated rings. The number of carbonyl (C=O) groups is 2. The number of amides is 1. The van der Waals surface area contributed by atoms with E-state index in [9.17, 15) is 14.7 Å². The summed E-state index contributed by atoms with van der Waals surface area (Å²) in [6.45, 7) is 5.60. The number of piperidine rings is 1. The van der Waals surface area contributed by atoms with Crippen molar-refractivity contribution in [3.63, 3.8) is 0 Å². The van der Waals surface area contributed by atoms with Crippen LogP contribution >= 0.6 is 0 Å². The fourth-order valence-electron chi connectivity index (χ4n) is 4.43. The average Bonchev–Trinajstić information content (AvgIpc) is 3.08. The van der Waals surface area contributed by atoms with Crippen molar-refractivity contribution in [3.8, 4) is 0 Å². The first-order valence-electron chi connectivity index (χ1n) is 9.41. The second-order valence-corrected chi connectivity index (χ2v) is 7.63. The molecule has 2 atom stereocenters. The predicted molar refractivity (Wildman–Crippen MR) is 97.8 cm³/mol. The van der Waals surface area contributed by atoms with E-state index in [4.69, 9.17) is 4.74 Å². The van der Waals surface area contributed by atoms with Crippen LogP contribution in [0.3, 0.4) is 0 Å². The van der Waals surface area contributed by atoms with Crippen LogP contribution < -0.4 is 0 Å². The summed E-state index contributed by atoms with van der Waals surface area (Å²) < 4.78 is 5.50. The number of aliphatic carboxylic acids is 1. The predicted octanol–water partition coefficient (Wildman–Crippen LogP) is 3.12. The van der Waals surface area contributed by atoms with Crippen LogP contribution in [0.1, 0.15) is 45.1 Å². The van der Waals surface area contributed by atoms with Crippen LogP contribution in [0.25, 0.3) is 0 Å². The SMILES string of the molecule is CC(C)N(C(=O)OCc1ccccc1)C1(C(=O)O)CCN2CCCC2C1. The van der Waals surface area contributed by atoms with E-state index < -0.39 is 17.6 Å². The van der Waals surface area contributed by atoms with Crippen molar-refractivity contribution in [1.82, 2.24) is 9.80 Å². The fourth-order valence-corrected chi connectivity index (χ4v) is 4.43. The Morgan fingerprint density at radius 1 is 1.31 bits per heavy atom. The molecule has 0 aromatic heterocycles. The lowest BCUT2D eigenvalue weighted by Crippen LogP contribution is -2.65. The maximum absolute atomic E-state index is 12.9. The second-order valence-electron chi connectivity index (χ2n) is 7.63. The Morgan fingerprint density at radius 2 is 2.04 bits per heavy atom. The maximum Gasteiger partial charge on any atom is 0.411 e. The van der Waals surface area contributed by atoms with Crippen molar-refractivity contribution >= 4 is 12.1 Å². The summed E-state index contributed by atoms with van der Waals surface area (Å²) >= 11 is 0. The third kappa shape index (κ3) is 3.56. The topological polar surface area (TPSA) is 70.1 Å². The first-order chi connectivity index (χ1) is 12.4. The van der Waals surface area contributed by atoms with Crippen LogP contribution in [0.2, 0.25) is 0 Å². The molecule has 1 aromatic rings. The Kier molecular flexibility index (Phi) is 5.51. The summed E-state index contributed by atoms with van der Waals surface area (Å²) in [7, 11) is 0. The number of ether oxygens (including phenoxy) is 1. The summed E-state index contributed by atoms with van der Waals surface area (Å²) in [6.07, 6.45) is 2.47. The van der Waals surface area contributed by atoms with Crippen LogP contribution in [0.15, 0.2) is 30.3 Å². The summed E-state index contributed by atoms with van der Waals surface area (Å²) in [5.74, 6) is -0.922. The molecule has 1 aromatic carbocycles. The Labute approximate surface area is 154 Å². The Morgan fingerprint density at radius 3 is 2.69 bits per heavy atom. The molecule has 6 heteroatoms. The zero-order valence-electron chi connectivity index (χ0n) is 15.6. The molecule has 142 valence electrons. The molecule has 0 spiro atoms. The molecule has 0 bridgehead atoms. The van der Waals surface area contributed by atoms with Crippen LogP contribution in [-0.4, -0.2) is 57.7 Å². The Bertz CT molecular complexity index is 648. The molecule has 1 N–H and O–H groups in total. The number of carbonyl (C=O) groups excluding carboxylic acids is 1. The van der Waals surface area contributed by atoms with Gasteiger partial charge in [-0.25, -0.2) is 9.59 Å². The molecule has 2 unspecified atom stereocenters. The third-order valence-electron chi connectivity index (χ3n) is 5.66. The molecule has 1 amide bonds. The highest BCUT2D eigenvalue weighted by molar-refractivity contribution is 5.85. The van der Waals surface area contributed by atoms with Crippen LogP contribution in [0.5, 0.6) is 0 Å². The molecular formula is C20H28N2O4. The van der Waals surface area contributed by atoms with E-state index in [2.05, 4.69) is 4.90 Å². The van der Waals surface area contributed by atoms with Crippen molar-refractivity contribution in [2.24, 2.45) is 0 Å². The summed E-state index contributed by atoms with van der Waals surface area (Å²) in [5.41, 5.74) is -0.299. The van der Waals surface area contributed by atoms with Crippen molar-refractivity contribution in [2.75, 3.05) is 13.1 Å². The first-order valence-corrected chi connectivity index (χ1v) is 9.41. The van der Waals surface area contributed by atoms with Gasteiger partial charge in [-0.1, -0.05) is 30.3 Å². The molecule has 26 heavy (non-hydrogen) atoms. The van der Waals surface area contributed by atoms with E-state index in [0.29, 0.717) is 19.4 Å². The third-order valence-corrected chi connectivity index (χ3v) is 5.66. The van der Waals surface area contributed by atoms with E-state index in [-0.39, 0.29) is 18.7 Å². The van der Waals surface area contributed by atoms with E-state index in [1.54, 1.807) is 0 Å². The quantitative estimate of drug-likeness (QED) is 0.874. The molecule has 0 radical (unpaired) electrons. The van der Waals surface area contributed by atoms with E-state index in [1.165, 1.54) is 4.90 Å². The lowest BCUT2D eigenvalue weighted by molar-refractivity contribution is -0.157. The number of nitrogens with zero attached hydrogens (tertiary/aromatic N) is 2. The maximum atomic E-state index is 12.9. The van der Waals surface area contributed by atoms with E-state index in [1.807, 2.05) is 44.2 Å². The van der Waals surface area contributed by atoms with Gasteiger partial charge in [0.15, 0.2) is 0 Å². The smallest absolute Gasteiger partial charge is 0.411 e. The molecule has 2 saturated heterocycles. The van der Waals surface area contributed by atoms with Gasteiger partial charge >= 0.3 is 12.1 Å². The molecule has 2 aliphatic heterocycles. The molecule has 2 heterocycles. The Hall–Kier alpha value is -2.08. The normalized spacial score (nSPS) is 25.7. The number of fused-ring (bicyclic) bond motifs is 1.